The summed E-state index contributed by atoms with van der Waals surface area (Å²) in [5.41, 5.74) is -0.700. The Balaban J connectivity index is 2.46. The van der Waals surface area contributed by atoms with Gasteiger partial charge >= 0.3 is 12.1 Å². The second-order valence-corrected chi connectivity index (χ2v) is 3.84. The van der Waals surface area contributed by atoms with Crippen LogP contribution in [-0.2, 0) is 6.18 Å². The number of alkyl halides is 3. The Labute approximate surface area is 105 Å². The van der Waals surface area contributed by atoms with Gasteiger partial charge in [-0.1, -0.05) is 17.3 Å². The largest absolute Gasteiger partial charge is 0.477 e. The highest BCUT2D eigenvalue weighted by molar-refractivity contribution is 5.95. The quantitative estimate of drug-likeness (QED) is 0.909. The smallest absolute Gasteiger partial charge is 0.416 e. The molecule has 0 fully saturated rings. The maximum Gasteiger partial charge on any atom is 0.416 e. The third kappa shape index (κ3) is 2.44. The van der Waals surface area contributed by atoms with Crippen molar-refractivity contribution in [1.29, 1.82) is 0 Å². The van der Waals surface area contributed by atoms with Crippen molar-refractivity contribution >= 4 is 5.97 Å². The zero-order valence-corrected chi connectivity index (χ0v) is 9.65. The molecule has 0 aliphatic carbocycles. The van der Waals surface area contributed by atoms with Crippen LogP contribution in [0.15, 0.2) is 28.8 Å². The number of nitrogens with zero attached hydrogens (tertiary/aromatic N) is 1. The maximum absolute atomic E-state index is 12.4. The van der Waals surface area contributed by atoms with E-state index in [2.05, 4.69) is 5.16 Å². The molecule has 0 atom stereocenters. The van der Waals surface area contributed by atoms with Crippen LogP contribution in [0.4, 0.5) is 13.2 Å². The van der Waals surface area contributed by atoms with Crippen LogP contribution in [0.1, 0.15) is 21.7 Å². The van der Waals surface area contributed by atoms with Gasteiger partial charge in [-0.25, -0.2) is 4.79 Å². The summed E-state index contributed by atoms with van der Waals surface area (Å²) in [5, 5.41) is 12.6. The molecule has 1 aromatic heterocycles. The van der Waals surface area contributed by atoms with E-state index in [1.54, 1.807) is 0 Å². The lowest BCUT2D eigenvalue weighted by Gasteiger charge is -2.06. The van der Waals surface area contributed by atoms with Crippen molar-refractivity contribution in [3.8, 4) is 11.3 Å². The number of carboxylic acids is 1. The lowest BCUT2D eigenvalue weighted by atomic mass is 10.0. The highest BCUT2D eigenvalue weighted by atomic mass is 19.4. The van der Waals surface area contributed by atoms with Crippen LogP contribution >= 0.6 is 0 Å². The molecule has 0 spiro atoms. The summed E-state index contributed by atoms with van der Waals surface area (Å²) in [7, 11) is 0. The van der Waals surface area contributed by atoms with Crippen LogP contribution in [-0.4, -0.2) is 16.2 Å². The minimum atomic E-state index is -4.44. The number of rotatable bonds is 2. The van der Waals surface area contributed by atoms with Gasteiger partial charge in [0.2, 0.25) is 0 Å². The van der Waals surface area contributed by atoms with Crippen molar-refractivity contribution in [2.45, 2.75) is 13.1 Å². The third-order valence-corrected chi connectivity index (χ3v) is 2.56. The lowest BCUT2D eigenvalue weighted by molar-refractivity contribution is -0.137. The summed E-state index contributed by atoms with van der Waals surface area (Å²) < 4.78 is 42.0. The number of carboxylic acid groups (broad SMARTS) is 1. The van der Waals surface area contributed by atoms with Gasteiger partial charge in [-0.05, 0) is 19.1 Å². The summed E-state index contributed by atoms with van der Waals surface area (Å²) in [6.45, 7) is 1.42. The molecule has 0 amide bonds. The third-order valence-electron chi connectivity index (χ3n) is 2.56. The first-order valence-corrected chi connectivity index (χ1v) is 5.18. The molecule has 2 rings (SSSR count). The van der Waals surface area contributed by atoms with E-state index in [9.17, 15) is 18.0 Å². The molecular formula is C12H8F3NO3. The Kier molecular flexibility index (Phi) is 3.05. The van der Waals surface area contributed by atoms with E-state index in [4.69, 9.17) is 9.63 Å². The SMILES string of the molecule is Cc1onc(-c2ccc(C(F)(F)F)cc2)c1C(=O)O. The first kappa shape index (κ1) is 13.1. The van der Waals surface area contributed by atoms with Crippen molar-refractivity contribution in [3.63, 3.8) is 0 Å². The number of benzene rings is 1. The molecular weight excluding hydrogens is 263 g/mol. The van der Waals surface area contributed by atoms with Crippen LogP contribution in [0, 0.1) is 6.92 Å². The standard InChI is InChI=1S/C12H8F3NO3/c1-6-9(11(17)18)10(16-19-6)7-2-4-8(5-3-7)12(13,14)15/h2-5H,1H3,(H,17,18). The zero-order chi connectivity index (χ0) is 14.2. The molecule has 0 radical (unpaired) electrons. The van der Waals surface area contributed by atoms with Gasteiger partial charge in [-0.3, -0.25) is 0 Å². The zero-order valence-electron chi connectivity index (χ0n) is 9.65. The number of hydrogen-bond acceptors (Lipinski definition) is 3. The van der Waals surface area contributed by atoms with Crippen molar-refractivity contribution in [3.05, 3.63) is 41.2 Å². The normalized spacial score (nSPS) is 11.6. The first-order valence-electron chi connectivity index (χ1n) is 5.18. The van der Waals surface area contributed by atoms with Crippen molar-refractivity contribution in [2.24, 2.45) is 0 Å². The van der Waals surface area contributed by atoms with E-state index < -0.39 is 17.7 Å². The maximum atomic E-state index is 12.4. The van der Waals surface area contributed by atoms with E-state index >= 15 is 0 Å². The minimum absolute atomic E-state index is 0.0127. The van der Waals surface area contributed by atoms with Crippen molar-refractivity contribution in [2.75, 3.05) is 0 Å². The molecule has 0 unspecified atom stereocenters. The minimum Gasteiger partial charge on any atom is -0.477 e. The Morgan fingerprint density at radius 2 is 1.84 bits per heavy atom. The first-order chi connectivity index (χ1) is 8.80. The monoisotopic (exact) mass is 271 g/mol. The predicted molar refractivity (Wildman–Crippen MR) is 58.6 cm³/mol. The fourth-order valence-electron chi connectivity index (χ4n) is 1.64. The van der Waals surface area contributed by atoms with Gasteiger partial charge in [0.15, 0.2) is 0 Å². The molecule has 0 bridgehead atoms. The predicted octanol–water partition coefficient (Wildman–Crippen LogP) is 3.37. The van der Waals surface area contributed by atoms with Gasteiger partial charge in [-0.15, -0.1) is 0 Å². The lowest BCUT2D eigenvalue weighted by Crippen LogP contribution is -2.04. The number of halogens is 3. The molecule has 100 valence electrons. The van der Waals surface area contributed by atoms with Crippen molar-refractivity contribution < 1.29 is 27.6 Å². The van der Waals surface area contributed by atoms with Gasteiger partial charge in [0.25, 0.3) is 0 Å². The molecule has 0 saturated carbocycles. The van der Waals surface area contributed by atoms with Crippen molar-refractivity contribution in [1.82, 2.24) is 5.16 Å². The Morgan fingerprint density at radius 1 is 1.26 bits per heavy atom. The van der Waals surface area contributed by atoms with E-state index in [1.807, 2.05) is 0 Å². The number of aromatic nitrogens is 1. The number of hydrogen-bond donors (Lipinski definition) is 1. The fraction of sp³-hybridized carbons (Fsp3) is 0.167. The van der Waals surface area contributed by atoms with E-state index in [0.29, 0.717) is 0 Å². The Bertz CT molecular complexity index is 614. The van der Waals surface area contributed by atoms with Crippen LogP contribution in [0.5, 0.6) is 0 Å². The molecule has 19 heavy (non-hydrogen) atoms. The molecule has 2 aromatic rings. The molecule has 1 N–H and O–H groups in total. The highest BCUT2D eigenvalue weighted by Gasteiger charge is 2.30. The second kappa shape index (κ2) is 4.42. The molecule has 0 aliphatic rings. The topological polar surface area (TPSA) is 63.3 Å². The molecule has 4 nitrogen and oxygen atoms in total. The van der Waals surface area contributed by atoms with Crippen LogP contribution in [0.3, 0.4) is 0 Å². The molecule has 0 saturated heterocycles. The molecule has 1 aromatic carbocycles. The summed E-state index contributed by atoms with van der Waals surface area (Å²) in [6, 6.07) is 4.05. The van der Waals surface area contributed by atoms with Gasteiger partial charge in [0.05, 0.1) is 5.56 Å². The molecule has 7 heteroatoms. The Morgan fingerprint density at radius 3 is 2.32 bits per heavy atom. The molecule has 0 aliphatic heterocycles. The van der Waals surface area contributed by atoms with Crippen LogP contribution < -0.4 is 0 Å². The van der Waals surface area contributed by atoms with Gasteiger partial charge in [0, 0.05) is 5.56 Å². The van der Waals surface area contributed by atoms with Gasteiger partial charge in [0.1, 0.15) is 17.0 Å². The van der Waals surface area contributed by atoms with Crippen LogP contribution in [0.25, 0.3) is 11.3 Å². The highest BCUT2D eigenvalue weighted by Crippen LogP contribution is 2.32. The summed E-state index contributed by atoms with van der Waals surface area (Å²) in [6.07, 6.45) is -4.44. The fourth-order valence-corrected chi connectivity index (χ4v) is 1.64. The van der Waals surface area contributed by atoms with E-state index in [0.717, 1.165) is 24.3 Å². The Hall–Kier alpha value is -2.31. The second-order valence-electron chi connectivity index (χ2n) is 3.84. The molecule has 1 heterocycles. The number of aryl methyl sites for hydroxylation is 1. The summed E-state index contributed by atoms with van der Waals surface area (Å²) in [4.78, 5) is 11.0. The van der Waals surface area contributed by atoms with Crippen LogP contribution in [0.2, 0.25) is 0 Å². The number of carbonyl (C=O) groups is 1. The van der Waals surface area contributed by atoms with E-state index in [-0.39, 0.29) is 22.6 Å². The summed E-state index contributed by atoms with van der Waals surface area (Å²) in [5.74, 6) is -1.14. The summed E-state index contributed by atoms with van der Waals surface area (Å²) >= 11 is 0. The average Bonchev–Trinajstić information content (AvgIpc) is 2.70. The average molecular weight is 271 g/mol. The number of aromatic carboxylic acids is 1. The van der Waals surface area contributed by atoms with E-state index in [1.165, 1.54) is 6.92 Å². The van der Waals surface area contributed by atoms with Gasteiger partial charge in [-0.2, -0.15) is 13.2 Å². The van der Waals surface area contributed by atoms with Gasteiger partial charge < -0.3 is 9.63 Å².